The Labute approximate surface area is 115 Å². The van der Waals surface area contributed by atoms with Crippen LogP contribution in [0.25, 0.3) is 0 Å². The third-order valence-electron chi connectivity index (χ3n) is 3.71. The van der Waals surface area contributed by atoms with Crippen molar-refractivity contribution in [3.63, 3.8) is 0 Å². The summed E-state index contributed by atoms with van der Waals surface area (Å²) < 4.78 is 27.1. The lowest BCUT2D eigenvalue weighted by Gasteiger charge is -2.35. The van der Waals surface area contributed by atoms with Crippen LogP contribution in [0.2, 0.25) is 0 Å². The van der Waals surface area contributed by atoms with E-state index >= 15 is 0 Å². The van der Waals surface area contributed by atoms with E-state index in [1.165, 1.54) is 12.1 Å². The summed E-state index contributed by atoms with van der Waals surface area (Å²) in [6, 6.07) is 10.7. The van der Waals surface area contributed by atoms with Gasteiger partial charge in [0.25, 0.3) is 0 Å². The molecule has 1 aliphatic rings. The number of carbonyl (C=O) groups excluding carboxylic acids is 1. The number of carbonyl (C=O) groups is 1. The topological polar surface area (TPSA) is 20.3 Å². The summed E-state index contributed by atoms with van der Waals surface area (Å²) >= 11 is 0. The first kappa shape index (κ1) is 12.8. The van der Waals surface area contributed by atoms with E-state index in [1.54, 1.807) is 4.90 Å². The molecule has 0 aliphatic carbocycles. The third kappa shape index (κ3) is 2.07. The zero-order chi connectivity index (χ0) is 14.1. The zero-order valence-electron chi connectivity index (χ0n) is 10.7. The highest BCUT2D eigenvalue weighted by Gasteiger charge is 2.29. The Morgan fingerprint density at radius 3 is 2.65 bits per heavy atom. The summed E-state index contributed by atoms with van der Waals surface area (Å²) in [7, 11) is 0. The fourth-order valence-corrected chi connectivity index (χ4v) is 2.77. The van der Waals surface area contributed by atoms with Gasteiger partial charge in [-0.1, -0.05) is 30.3 Å². The van der Waals surface area contributed by atoms with Gasteiger partial charge in [-0.15, -0.1) is 0 Å². The van der Waals surface area contributed by atoms with E-state index in [-0.39, 0.29) is 0 Å². The number of fused-ring (bicyclic) bond motifs is 1. The molecule has 4 heteroatoms. The molecule has 2 aromatic rings. The molecule has 1 atom stereocenters. The maximum absolute atomic E-state index is 14.1. The predicted molar refractivity (Wildman–Crippen MR) is 71.1 cm³/mol. The van der Waals surface area contributed by atoms with Crippen molar-refractivity contribution in [2.45, 2.75) is 12.5 Å². The standard InChI is InChI=1S/C16H13F2NO/c17-12-5-6-14(15(18)9-12)16-13-4-2-1-3-11(13)7-8-19(16)10-20/h1-6,9-10,16H,7-8H2. The molecule has 1 heterocycles. The first-order valence-electron chi connectivity index (χ1n) is 6.44. The average Bonchev–Trinajstić information content (AvgIpc) is 2.46. The predicted octanol–water partition coefficient (Wildman–Crippen LogP) is 3.07. The summed E-state index contributed by atoms with van der Waals surface area (Å²) in [5.74, 6) is -1.24. The second-order valence-electron chi connectivity index (χ2n) is 4.86. The van der Waals surface area contributed by atoms with E-state index in [9.17, 15) is 13.6 Å². The molecule has 0 aromatic heterocycles. The number of rotatable bonds is 2. The number of nitrogens with zero attached hydrogens (tertiary/aromatic N) is 1. The van der Waals surface area contributed by atoms with Gasteiger partial charge in [0, 0.05) is 18.2 Å². The van der Waals surface area contributed by atoms with Crippen LogP contribution in [-0.2, 0) is 11.2 Å². The van der Waals surface area contributed by atoms with Gasteiger partial charge in [-0.25, -0.2) is 8.78 Å². The van der Waals surface area contributed by atoms with Crippen molar-refractivity contribution in [1.82, 2.24) is 4.90 Å². The summed E-state index contributed by atoms with van der Waals surface area (Å²) in [6.45, 7) is 0.530. The van der Waals surface area contributed by atoms with Gasteiger partial charge in [-0.2, -0.15) is 0 Å². The number of halogens is 2. The minimum absolute atomic E-state index is 0.325. The Balaban J connectivity index is 2.15. The fraction of sp³-hybridized carbons (Fsp3) is 0.188. The quantitative estimate of drug-likeness (QED) is 0.770. The van der Waals surface area contributed by atoms with E-state index in [1.807, 2.05) is 24.3 Å². The molecular weight excluding hydrogens is 260 g/mol. The van der Waals surface area contributed by atoms with Gasteiger partial charge in [-0.3, -0.25) is 4.79 Å². The van der Waals surface area contributed by atoms with Gasteiger partial charge >= 0.3 is 0 Å². The molecule has 0 saturated carbocycles. The highest BCUT2D eigenvalue weighted by molar-refractivity contribution is 5.54. The van der Waals surface area contributed by atoms with Gasteiger partial charge in [0.2, 0.25) is 6.41 Å². The van der Waals surface area contributed by atoms with Crippen molar-refractivity contribution in [2.24, 2.45) is 0 Å². The van der Waals surface area contributed by atoms with E-state index in [0.717, 1.165) is 30.0 Å². The Hall–Kier alpha value is -2.23. The molecule has 0 saturated heterocycles. The molecule has 1 aliphatic heterocycles. The van der Waals surface area contributed by atoms with Crippen LogP contribution in [0.1, 0.15) is 22.7 Å². The van der Waals surface area contributed by atoms with Gasteiger partial charge < -0.3 is 4.90 Å². The first-order chi connectivity index (χ1) is 9.70. The lowest BCUT2D eigenvalue weighted by molar-refractivity contribution is -0.120. The summed E-state index contributed by atoms with van der Waals surface area (Å²) in [6.07, 6.45) is 1.47. The van der Waals surface area contributed by atoms with E-state index < -0.39 is 17.7 Å². The first-order valence-corrected chi connectivity index (χ1v) is 6.44. The SMILES string of the molecule is O=CN1CCc2ccccc2C1c1ccc(F)cc1F. The second-order valence-corrected chi connectivity index (χ2v) is 4.86. The number of hydrogen-bond donors (Lipinski definition) is 0. The molecule has 0 N–H and O–H groups in total. The molecule has 0 radical (unpaired) electrons. The molecule has 2 nitrogen and oxygen atoms in total. The maximum Gasteiger partial charge on any atom is 0.210 e. The number of hydrogen-bond acceptors (Lipinski definition) is 1. The van der Waals surface area contributed by atoms with Crippen molar-refractivity contribution in [3.05, 3.63) is 70.8 Å². The van der Waals surface area contributed by atoms with Crippen LogP contribution in [0.4, 0.5) is 8.78 Å². The monoisotopic (exact) mass is 273 g/mol. The van der Waals surface area contributed by atoms with E-state index in [2.05, 4.69) is 0 Å². The van der Waals surface area contributed by atoms with Gasteiger partial charge in [0.1, 0.15) is 11.6 Å². The van der Waals surface area contributed by atoms with Crippen LogP contribution in [0.5, 0.6) is 0 Å². The minimum Gasteiger partial charge on any atom is -0.334 e. The average molecular weight is 273 g/mol. The molecule has 0 spiro atoms. The van der Waals surface area contributed by atoms with Crippen molar-refractivity contribution in [3.8, 4) is 0 Å². The fourth-order valence-electron chi connectivity index (χ4n) is 2.77. The van der Waals surface area contributed by atoms with Gasteiger partial charge in [0.15, 0.2) is 0 Å². The Kier molecular flexibility index (Phi) is 3.22. The summed E-state index contributed by atoms with van der Waals surface area (Å²) in [5, 5.41) is 0. The van der Waals surface area contributed by atoms with Crippen LogP contribution < -0.4 is 0 Å². The number of amides is 1. The molecule has 1 unspecified atom stereocenters. The van der Waals surface area contributed by atoms with Crippen molar-refractivity contribution in [1.29, 1.82) is 0 Å². The normalized spacial score (nSPS) is 17.7. The summed E-state index contributed by atoms with van der Waals surface area (Å²) in [5.41, 5.74) is 2.32. The molecular formula is C16H13F2NO. The smallest absolute Gasteiger partial charge is 0.210 e. The van der Waals surface area contributed by atoms with Crippen LogP contribution in [0.3, 0.4) is 0 Å². The summed E-state index contributed by atoms with van der Waals surface area (Å²) in [4.78, 5) is 12.8. The van der Waals surface area contributed by atoms with E-state index in [0.29, 0.717) is 12.1 Å². The van der Waals surface area contributed by atoms with Crippen LogP contribution >= 0.6 is 0 Å². The lowest BCUT2D eigenvalue weighted by atomic mass is 9.88. The molecule has 102 valence electrons. The van der Waals surface area contributed by atoms with Gasteiger partial charge in [0.05, 0.1) is 6.04 Å². The van der Waals surface area contributed by atoms with Crippen LogP contribution in [0.15, 0.2) is 42.5 Å². The zero-order valence-corrected chi connectivity index (χ0v) is 10.7. The molecule has 20 heavy (non-hydrogen) atoms. The lowest BCUT2D eigenvalue weighted by Crippen LogP contribution is -2.35. The third-order valence-corrected chi connectivity index (χ3v) is 3.71. The largest absolute Gasteiger partial charge is 0.334 e. The molecule has 0 bridgehead atoms. The van der Waals surface area contributed by atoms with Gasteiger partial charge in [-0.05, 0) is 23.6 Å². The van der Waals surface area contributed by atoms with Crippen LogP contribution in [-0.4, -0.2) is 17.9 Å². The molecule has 2 aromatic carbocycles. The number of benzene rings is 2. The van der Waals surface area contributed by atoms with E-state index in [4.69, 9.17) is 0 Å². The highest BCUT2D eigenvalue weighted by atomic mass is 19.1. The highest BCUT2D eigenvalue weighted by Crippen LogP contribution is 2.35. The van der Waals surface area contributed by atoms with Crippen molar-refractivity contribution >= 4 is 6.41 Å². The Morgan fingerprint density at radius 2 is 1.90 bits per heavy atom. The molecule has 3 rings (SSSR count). The van der Waals surface area contributed by atoms with Crippen molar-refractivity contribution in [2.75, 3.05) is 6.54 Å². The Morgan fingerprint density at radius 1 is 1.10 bits per heavy atom. The molecule has 1 amide bonds. The second kappa shape index (κ2) is 5.04. The molecule has 0 fully saturated rings. The Bertz CT molecular complexity index is 657. The minimum atomic E-state index is -0.626. The van der Waals surface area contributed by atoms with Crippen molar-refractivity contribution < 1.29 is 13.6 Å². The van der Waals surface area contributed by atoms with Crippen LogP contribution in [0, 0.1) is 11.6 Å². The maximum atomic E-state index is 14.1.